The van der Waals surface area contributed by atoms with Gasteiger partial charge in [0.1, 0.15) is 0 Å². The molecule has 1 heterocycles. The van der Waals surface area contributed by atoms with Gasteiger partial charge in [0.05, 0.1) is 0 Å². The Bertz CT molecular complexity index is 442. The molecule has 1 unspecified atom stereocenters. The summed E-state index contributed by atoms with van der Waals surface area (Å²) in [5.41, 5.74) is 4.11. The highest BCUT2D eigenvalue weighted by Crippen LogP contribution is 2.27. The monoisotopic (exact) mass is 262 g/mol. The maximum Gasteiger partial charge on any atom is 0.0446 e. The van der Waals surface area contributed by atoms with Crippen LogP contribution in [-0.4, -0.2) is 36.4 Å². The molecule has 0 bridgehead atoms. The van der Waals surface area contributed by atoms with Crippen LogP contribution in [0.25, 0.3) is 0 Å². The first-order valence-electron chi connectivity index (χ1n) is 7.13. The Labute approximate surface area is 116 Å². The van der Waals surface area contributed by atoms with E-state index in [1.165, 1.54) is 16.8 Å². The number of anilines is 1. The summed E-state index contributed by atoms with van der Waals surface area (Å²) in [6.45, 7) is 11.0. The molecule has 2 rings (SSSR count). The van der Waals surface area contributed by atoms with Crippen molar-refractivity contribution >= 4 is 5.69 Å². The van der Waals surface area contributed by atoms with E-state index in [4.69, 9.17) is 0 Å². The minimum Gasteiger partial charge on any atom is -0.396 e. The van der Waals surface area contributed by atoms with Crippen LogP contribution >= 0.6 is 0 Å². The fourth-order valence-electron chi connectivity index (χ4n) is 3.03. The summed E-state index contributed by atoms with van der Waals surface area (Å²) in [5, 5.41) is 12.8. The minimum atomic E-state index is 0.0777. The normalized spacial score (nSPS) is 22.6. The Kier molecular flexibility index (Phi) is 4.16. The summed E-state index contributed by atoms with van der Waals surface area (Å²) in [4.78, 5) is 2.46. The fourth-order valence-corrected chi connectivity index (χ4v) is 3.03. The van der Waals surface area contributed by atoms with Crippen molar-refractivity contribution in [3.05, 3.63) is 29.3 Å². The van der Waals surface area contributed by atoms with Crippen molar-refractivity contribution in [2.45, 2.75) is 45.7 Å². The molecular weight excluding hydrogens is 236 g/mol. The predicted molar refractivity (Wildman–Crippen MR) is 80.8 cm³/mol. The number of nitrogens with one attached hydrogen (secondary N) is 1. The number of piperazine rings is 1. The zero-order valence-electron chi connectivity index (χ0n) is 12.5. The van der Waals surface area contributed by atoms with Gasteiger partial charge in [-0.2, -0.15) is 0 Å². The van der Waals surface area contributed by atoms with Crippen LogP contribution in [0.15, 0.2) is 18.2 Å². The molecule has 19 heavy (non-hydrogen) atoms. The first kappa shape index (κ1) is 14.4. The van der Waals surface area contributed by atoms with Gasteiger partial charge in [-0.05, 0) is 51.3 Å². The van der Waals surface area contributed by atoms with Crippen LogP contribution in [0.4, 0.5) is 5.69 Å². The Balaban J connectivity index is 2.25. The molecule has 106 valence electrons. The average molecular weight is 262 g/mol. The molecule has 0 amide bonds. The fraction of sp³-hybridized carbons (Fsp3) is 0.625. The van der Waals surface area contributed by atoms with Crippen molar-refractivity contribution in [3.63, 3.8) is 0 Å². The number of benzene rings is 1. The highest BCUT2D eigenvalue weighted by atomic mass is 16.3. The van der Waals surface area contributed by atoms with Gasteiger partial charge in [-0.1, -0.05) is 12.1 Å². The number of hydrogen-bond acceptors (Lipinski definition) is 3. The van der Waals surface area contributed by atoms with Crippen LogP contribution in [-0.2, 0) is 0 Å². The predicted octanol–water partition coefficient (Wildman–Crippen LogP) is 2.24. The van der Waals surface area contributed by atoms with E-state index < -0.39 is 0 Å². The topological polar surface area (TPSA) is 35.5 Å². The number of rotatable bonds is 3. The molecule has 1 saturated heterocycles. The van der Waals surface area contributed by atoms with E-state index in [1.54, 1.807) is 0 Å². The lowest BCUT2D eigenvalue weighted by atomic mass is 9.95. The summed E-state index contributed by atoms with van der Waals surface area (Å²) in [7, 11) is 0. The van der Waals surface area contributed by atoms with Crippen LogP contribution in [0.1, 0.15) is 31.4 Å². The Morgan fingerprint density at radius 1 is 1.37 bits per heavy atom. The van der Waals surface area contributed by atoms with Gasteiger partial charge in [-0.25, -0.2) is 0 Å². The number of aryl methyl sites for hydroxylation is 1. The molecule has 0 radical (unpaired) electrons. The first-order valence-corrected chi connectivity index (χ1v) is 7.13. The molecule has 1 aromatic carbocycles. The quantitative estimate of drug-likeness (QED) is 0.877. The summed E-state index contributed by atoms with van der Waals surface area (Å²) < 4.78 is 0. The maximum atomic E-state index is 9.19. The van der Waals surface area contributed by atoms with Gasteiger partial charge in [0.15, 0.2) is 0 Å². The van der Waals surface area contributed by atoms with Gasteiger partial charge < -0.3 is 15.3 Å². The van der Waals surface area contributed by atoms with Crippen molar-refractivity contribution in [1.82, 2.24) is 5.32 Å². The van der Waals surface area contributed by atoms with E-state index >= 15 is 0 Å². The maximum absolute atomic E-state index is 9.19. The van der Waals surface area contributed by atoms with E-state index in [-0.39, 0.29) is 12.1 Å². The molecule has 1 atom stereocenters. The van der Waals surface area contributed by atoms with E-state index in [9.17, 15) is 5.11 Å². The molecule has 1 aromatic rings. The highest BCUT2D eigenvalue weighted by Gasteiger charge is 2.32. The number of nitrogens with zero attached hydrogens (tertiary/aromatic N) is 1. The average Bonchev–Trinajstić information content (AvgIpc) is 2.31. The standard InChI is InChI=1S/C16H26N2O/c1-12-6-5-7-15(13(12)2)18-10-14(8-9-19)17-16(3,4)11-18/h5-7,14,17,19H,8-11H2,1-4H3. The highest BCUT2D eigenvalue weighted by molar-refractivity contribution is 5.56. The van der Waals surface area contributed by atoms with Gasteiger partial charge in [-0.3, -0.25) is 0 Å². The van der Waals surface area contributed by atoms with Gasteiger partial charge in [0.2, 0.25) is 0 Å². The second kappa shape index (κ2) is 5.51. The summed E-state index contributed by atoms with van der Waals surface area (Å²) in [6, 6.07) is 6.86. The van der Waals surface area contributed by atoms with Gasteiger partial charge in [0, 0.05) is 37.0 Å². The molecule has 1 fully saturated rings. The summed E-state index contributed by atoms with van der Waals surface area (Å²) in [5.74, 6) is 0. The second-order valence-electron chi connectivity index (χ2n) is 6.34. The zero-order chi connectivity index (χ0) is 14.0. The number of aliphatic hydroxyl groups is 1. The Morgan fingerprint density at radius 3 is 2.79 bits per heavy atom. The third-order valence-corrected chi connectivity index (χ3v) is 4.02. The van der Waals surface area contributed by atoms with Crippen LogP contribution in [0.2, 0.25) is 0 Å². The van der Waals surface area contributed by atoms with Crippen molar-refractivity contribution in [2.75, 3.05) is 24.6 Å². The molecule has 1 aliphatic heterocycles. The third kappa shape index (κ3) is 3.28. The van der Waals surface area contributed by atoms with Crippen LogP contribution in [0, 0.1) is 13.8 Å². The number of hydrogen-bond donors (Lipinski definition) is 2. The van der Waals surface area contributed by atoms with Gasteiger partial charge in [0.25, 0.3) is 0 Å². The van der Waals surface area contributed by atoms with Crippen molar-refractivity contribution in [1.29, 1.82) is 0 Å². The third-order valence-electron chi connectivity index (χ3n) is 4.02. The summed E-state index contributed by atoms with van der Waals surface area (Å²) in [6.07, 6.45) is 0.810. The van der Waals surface area contributed by atoms with Crippen molar-refractivity contribution in [3.8, 4) is 0 Å². The molecule has 3 nitrogen and oxygen atoms in total. The lowest BCUT2D eigenvalue weighted by molar-refractivity contribution is 0.224. The lowest BCUT2D eigenvalue weighted by Crippen LogP contribution is -2.62. The molecule has 0 saturated carbocycles. The molecule has 0 spiro atoms. The van der Waals surface area contributed by atoms with Gasteiger partial charge in [-0.15, -0.1) is 0 Å². The molecule has 0 aliphatic carbocycles. The first-order chi connectivity index (χ1) is 8.93. The Morgan fingerprint density at radius 2 is 2.11 bits per heavy atom. The summed E-state index contributed by atoms with van der Waals surface area (Å²) >= 11 is 0. The minimum absolute atomic E-state index is 0.0777. The van der Waals surface area contributed by atoms with Gasteiger partial charge >= 0.3 is 0 Å². The molecule has 1 aliphatic rings. The Hall–Kier alpha value is -1.06. The van der Waals surface area contributed by atoms with Crippen LogP contribution in [0.3, 0.4) is 0 Å². The van der Waals surface area contributed by atoms with Crippen LogP contribution < -0.4 is 10.2 Å². The largest absolute Gasteiger partial charge is 0.396 e. The van der Waals surface area contributed by atoms with Crippen LogP contribution in [0.5, 0.6) is 0 Å². The van der Waals surface area contributed by atoms with E-state index in [1.807, 2.05) is 0 Å². The molecule has 2 N–H and O–H groups in total. The molecule has 3 heteroatoms. The van der Waals surface area contributed by atoms with E-state index in [0.717, 1.165) is 19.5 Å². The second-order valence-corrected chi connectivity index (χ2v) is 6.34. The molecule has 0 aromatic heterocycles. The van der Waals surface area contributed by atoms with E-state index in [2.05, 4.69) is 56.1 Å². The smallest absolute Gasteiger partial charge is 0.0446 e. The SMILES string of the molecule is Cc1cccc(N2CC(CCO)NC(C)(C)C2)c1C. The van der Waals surface area contributed by atoms with Crippen molar-refractivity contribution in [2.24, 2.45) is 0 Å². The van der Waals surface area contributed by atoms with Crippen molar-refractivity contribution < 1.29 is 5.11 Å². The lowest BCUT2D eigenvalue weighted by Gasteiger charge is -2.45. The number of aliphatic hydroxyl groups excluding tert-OH is 1. The zero-order valence-corrected chi connectivity index (χ0v) is 12.5. The molecular formula is C16H26N2O. The van der Waals surface area contributed by atoms with E-state index in [0.29, 0.717) is 6.04 Å².